The first-order chi connectivity index (χ1) is 11.7. The molecule has 0 unspecified atom stereocenters. The summed E-state index contributed by atoms with van der Waals surface area (Å²) in [7, 11) is 0. The van der Waals surface area contributed by atoms with Gasteiger partial charge < -0.3 is 10.1 Å². The van der Waals surface area contributed by atoms with Gasteiger partial charge in [-0.25, -0.2) is 9.18 Å². The first kappa shape index (κ1) is 18.7. The molecule has 0 aliphatic carbocycles. The Hall–Kier alpha value is -2.61. The number of carbonyl (C=O) groups excluding carboxylic acids is 2. The molecule has 0 fully saturated rings. The Kier molecular flexibility index (Phi) is 5.63. The fourth-order valence-electron chi connectivity index (χ4n) is 1.81. The number of amides is 1. The number of anilines is 1. The minimum absolute atomic E-state index is 0.0710. The molecule has 132 valence electrons. The van der Waals surface area contributed by atoms with Gasteiger partial charge in [-0.05, 0) is 36.4 Å². The SMILES string of the molecule is O=C(COC(=O)c1ccc(F)c(Cl)c1)Nc1cccc(C(F)(F)F)c1. The van der Waals surface area contributed by atoms with Crippen LogP contribution in [0.5, 0.6) is 0 Å². The molecule has 2 aromatic rings. The summed E-state index contributed by atoms with van der Waals surface area (Å²) in [4.78, 5) is 23.4. The number of esters is 1. The summed E-state index contributed by atoms with van der Waals surface area (Å²) in [5, 5.41) is 1.89. The molecule has 0 bridgehead atoms. The van der Waals surface area contributed by atoms with Crippen LogP contribution in [0, 0.1) is 5.82 Å². The summed E-state index contributed by atoms with van der Waals surface area (Å²) in [6.07, 6.45) is -4.55. The van der Waals surface area contributed by atoms with Crippen molar-refractivity contribution in [2.24, 2.45) is 0 Å². The third-order valence-electron chi connectivity index (χ3n) is 2.96. The summed E-state index contributed by atoms with van der Waals surface area (Å²) < 4.78 is 55.5. The van der Waals surface area contributed by atoms with Crippen molar-refractivity contribution in [2.45, 2.75) is 6.18 Å². The van der Waals surface area contributed by atoms with E-state index < -0.39 is 36.0 Å². The van der Waals surface area contributed by atoms with E-state index in [9.17, 15) is 27.2 Å². The van der Waals surface area contributed by atoms with E-state index in [-0.39, 0.29) is 16.3 Å². The highest BCUT2D eigenvalue weighted by Gasteiger charge is 2.30. The van der Waals surface area contributed by atoms with Crippen LogP contribution in [0.4, 0.5) is 23.2 Å². The molecular weight excluding hydrogens is 366 g/mol. The Morgan fingerprint density at radius 2 is 1.84 bits per heavy atom. The van der Waals surface area contributed by atoms with Gasteiger partial charge in [0.05, 0.1) is 16.1 Å². The molecule has 4 nitrogen and oxygen atoms in total. The van der Waals surface area contributed by atoms with Crippen molar-refractivity contribution in [1.82, 2.24) is 0 Å². The van der Waals surface area contributed by atoms with E-state index in [1.54, 1.807) is 0 Å². The van der Waals surface area contributed by atoms with Crippen molar-refractivity contribution in [3.05, 3.63) is 64.4 Å². The molecular formula is C16H10ClF4NO3. The highest BCUT2D eigenvalue weighted by atomic mass is 35.5. The van der Waals surface area contributed by atoms with E-state index in [1.807, 2.05) is 0 Å². The third kappa shape index (κ3) is 5.18. The standard InChI is InChI=1S/C16H10ClF4NO3/c17-12-6-9(4-5-13(12)18)15(24)25-8-14(23)22-11-3-1-2-10(7-11)16(19,20)21/h1-7H,8H2,(H,22,23). The second-order valence-electron chi connectivity index (χ2n) is 4.83. The van der Waals surface area contributed by atoms with Crippen molar-refractivity contribution >= 4 is 29.2 Å². The fraction of sp³-hybridized carbons (Fsp3) is 0.125. The second kappa shape index (κ2) is 7.52. The highest BCUT2D eigenvalue weighted by Crippen LogP contribution is 2.30. The molecule has 0 aliphatic heterocycles. The summed E-state index contributed by atoms with van der Waals surface area (Å²) >= 11 is 5.53. The van der Waals surface area contributed by atoms with Crippen molar-refractivity contribution in [2.75, 3.05) is 11.9 Å². The monoisotopic (exact) mass is 375 g/mol. The van der Waals surface area contributed by atoms with Gasteiger partial charge in [-0.3, -0.25) is 4.79 Å². The van der Waals surface area contributed by atoms with Gasteiger partial charge in [-0.15, -0.1) is 0 Å². The number of halogens is 5. The normalized spacial score (nSPS) is 11.1. The molecule has 0 aliphatic rings. The summed E-state index contributed by atoms with van der Waals surface area (Å²) in [5.41, 5.74) is -1.10. The maximum Gasteiger partial charge on any atom is 0.416 e. The van der Waals surface area contributed by atoms with Crippen molar-refractivity contribution in [3.63, 3.8) is 0 Å². The lowest BCUT2D eigenvalue weighted by Gasteiger charge is -2.10. The van der Waals surface area contributed by atoms with Crippen LogP contribution in [-0.4, -0.2) is 18.5 Å². The smallest absolute Gasteiger partial charge is 0.416 e. The molecule has 0 saturated heterocycles. The van der Waals surface area contributed by atoms with Crippen LogP contribution in [0.25, 0.3) is 0 Å². The zero-order valence-electron chi connectivity index (χ0n) is 12.4. The summed E-state index contributed by atoms with van der Waals surface area (Å²) in [5.74, 6) is -2.48. The molecule has 0 aromatic heterocycles. The van der Waals surface area contributed by atoms with Crippen LogP contribution >= 0.6 is 11.6 Å². The predicted octanol–water partition coefficient (Wildman–Crippen LogP) is 4.29. The molecule has 0 atom stereocenters. The molecule has 0 radical (unpaired) electrons. The zero-order valence-corrected chi connectivity index (χ0v) is 13.1. The van der Waals surface area contributed by atoms with E-state index in [0.29, 0.717) is 0 Å². The Morgan fingerprint density at radius 3 is 2.48 bits per heavy atom. The lowest BCUT2D eigenvalue weighted by atomic mass is 10.2. The van der Waals surface area contributed by atoms with Crippen LogP contribution in [0.1, 0.15) is 15.9 Å². The largest absolute Gasteiger partial charge is 0.452 e. The molecule has 0 saturated carbocycles. The minimum Gasteiger partial charge on any atom is -0.452 e. The molecule has 0 spiro atoms. The lowest BCUT2D eigenvalue weighted by Crippen LogP contribution is -2.21. The van der Waals surface area contributed by atoms with E-state index in [0.717, 1.165) is 36.4 Å². The van der Waals surface area contributed by atoms with Gasteiger partial charge in [-0.2, -0.15) is 13.2 Å². The number of ether oxygens (including phenoxy) is 1. The maximum absolute atomic E-state index is 13.0. The van der Waals surface area contributed by atoms with Gasteiger partial charge in [-0.1, -0.05) is 17.7 Å². The summed E-state index contributed by atoms with van der Waals surface area (Å²) in [6, 6.07) is 7.10. The molecule has 1 N–H and O–H groups in total. The van der Waals surface area contributed by atoms with E-state index in [4.69, 9.17) is 16.3 Å². The topological polar surface area (TPSA) is 55.4 Å². The molecule has 2 rings (SSSR count). The van der Waals surface area contributed by atoms with Crippen LogP contribution in [0.2, 0.25) is 5.02 Å². The molecule has 1 amide bonds. The molecule has 0 heterocycles. The van der Waals surface area contributed by atoms with Crippen LogP contribution in [0.3, 0.4) is 0 Å². The first-order valence-electron chi connectivity index (χ1n) is 6.76. The average molecular weight is 376 g/mol. The number of alkyl halides is 3. The fourth-order valence-corrected chi connectivity index (χ4v) is 1.99. The third-order valence-corrected chi connectivity index (χ3v) is 3.25. The van der Waals surface area contributed by atoms with E-state index in [1.165, 1.54) is 6.07 Å². The zero-order chi connectivity index (χ0) is 18.6. The Bertz CT molecular complexity index is 808. The number of hydrogen-bond donors (Lipinski definition) is 1. The van der Waals surface area contributed by atoms with Crippen molar-refractivity contribution in [3.8, 4) is 0 Å². The Balaban J connectivity index is 1.94. The Labute approximate surface area is 144 Å². The van der Waals surface area contributed by atoms with Gasteiger partial charge in [0.2, 0.25) is 0 Å². The molecule has 2 aromatic carbocycles. The number of benzene rings is 2. The first-order valence-corrected chi connectivity index (χ1v) is 7.14. The minimum atomic E-state index is -4.55. The van der Waals surface area contributed by atoms with Gasteiger partial charge in [0.1, 0.15) is 5.82 Å². The molecule has 25 heavy (non-hydrogen) atoms. The second-order valence-corrected chi connectivity index (χ2v) is 5.24. The van der Waals surface area contributed by atoms with Gasteiger partial charge in [0.15, 0.2) is 6.61 Å². The van der Waals surface area contributed by atoms with Gasteiger partial charge in [0.25, 0.3) is 5.91 Å². The van der Waals surface area contributed by atoms with Crippen LogP contribution in [0.15, 0.2) is 42.5 Å². The van der Waals surface area contributed by atoms with Gasteiger partial charge in [0, 0.05) is 5.69 Å². The maximum atomic E-state index is 13.0. The number of carbonyl (C=O) groups is 2. The Morgan fingerprint density at radius 1 is 1.12 bits per heavy atom. The van der Waals surface area contributed by atoms with Crippen LogP contribution in [-0.2, 0) is 15.7 Å². The average Bonchev–Trinajstić information content (AvgIpc) is 2.54. The summed E-state index contributed by atoms with van der Waals surface area (Å²) in [6.45, 7) is -0.732. The van der Waals surface area contributed by atoms with Crippen molar-refractivity contribution < 1.29 is 31.9 Å². The predicted molar refractivity (Wildman–Crippen MR) is 81.8 cm³/mol. The van der Waals surface area contributed by atoms with Crippen molar-refractivity contribution in [1.29, 1.82) is 0 Å². The lowest BCUT2D eigenvalue weighted by molar-refractivity contribution is -0.137. The van der Waals surface area contributed by atoms with Gasteiger partial charge >= 0.3 is 12.1 Å². The van der Waals surface area contributed by atoms with E-state index >= 15 is 0 Å². The highest BCUT2D eigenvalue weighted by molar-refractivity contribution is 6.31. The number of rotatable bonds is 4. The quantitative estimate of drug-likeness (QED) is 0.640. The van der Waals surface area contributed by atoms with Crippen LogP contribution < -0.4 is 5.32 Å². The molecule has 9 heteroatoms. The van der Waals surface area contributed by atoms with E-state index in [2.05, 4.69) is 5.32 Å². The number of hydrogen-bond acceptors (Lipinski definition) is 3. The number of nitrogens with one attached hydrogen (secondary N) is 1.